The van der Waals surface area contributed by atoms with Crippen LogP contribution in [-0.2, 0) is 10.3 Å². The number of aromatic nitrogens is 1. The van der Waals surface area contributed by atoms with Crippen molar-refractivity contribution >= 4 is 17.5 Å². The number of benzene rings is 1. The monoisotopic (exact) mass is 330 g/mol. The van der Waals surface area contributed by atoms with E-state index < -0.39 is 5.54 Å². The smallest absolute Gasteiger partial charge is 0.253 e. The molecule has 1 aromatic heterocycles. The van der Waals surface area contributed by atoms with E-state index >= 15 is 0 Å². The predicted molar refractivity (Wildman–Crippen MR) is 89.6 cm³/mol. The highest BCUT2D eigenvalue weighted by Crippen LogP contribution is 2.33. The van der Waals surface area contributed by atoms with Crippen molar-refractivity contribution in [2.24, 2.45) is 0 Å². The van der Waals surface area contributed by atoms with Crippen molar-refractivity contribution in [3.63, 3.8) is 0 Å². The Balaban J connectivity index is 1.88. The molecule has 120 valence electrons. The van der Waals surface area contributed by atoms with Gasteiger partial charge in [0.25, 0.3) is 5.91 Å². The number of nitrogens with zero attached hydrogens (tertiary/aromatic N) is 1. The van der Waals surface area contributed by atoms with E-state index in [-0.39, 0.29) is 5.91 Å². The van der Waals surface area contributed by atoms with Crippen LogP contribution in [-0.4, -0.2) is 24.1 Å². The summed E-state index contributed by atoms with van der Waals surface area (Å²) in [6.07, 6.45) is 3.08. The first-order valence-electron chi connectivity index (χ1n) is 7.68. The zero-order chi connectivity index (χ0) is 16.3. The summed E-state index contributed by atoms with van der Waals surface area (Å²) >= 11 is 5.99. The highest BCUT2D eigenvalue weighted by atomic mass is 35.5. The Morgan fingerprint density at radius 1 is 1.17 bits per heavy atom. The minimum Gasteiger partial charge on any atom is -0.381 e. The van der Waals surface area contributed by atoms with Gasteiger partial charge >= 0.3 is 0 Å². The predicted octanol–water partition coefficient (Wildman–Crippen LogP) is 3.48. The van der Waals surface area contributed by atoms with Crippen LogP contribution in [0.5, 0.6) is 0 Å². The first kappa shape index (κ1) is 16.0. The molecule has 23 heavy (non-hydrogen) atoms. The summed E-state index contributed by atoms with van der Waals surface area (Å²) in [5.41, 5.74) is 2.08. The summed E-state index contributed by atoms with van der Waals surface area (Å²) in [7, 11) is 0. The molecule has 2 heterocycles. The fraction of sp³-hybridized carbons (Fsp3) is 0.333. The molecule has 1 aliphatic heterocycles. The molecule has 0 spiro atoms. The van der Waals surface area contributed by atoms with Gasteiger partial charge in [0, 0.05) is 30.1 Å². The molecule has 0 unspecified atom stereocenters. The Hall–Kier alpha value is -1.91. The number of hydrogen-bond donors (Lipinski definition) is 1. The number of pyridine rings is 1. The number of nitrogens with one attached hydrogen (secondary N) is 1. The Labute approximate surface area is 140 Å². The van der Waals surface area contributed by atoms with Crippen molar-refractivity contribution in [3.8, 4) is 0 Å². The van der Waals surface area contributed by atoms with Crippen molar-refractivity contribution in [3.05, 3.63) is 64.4 Å². The average molecular weight is 331 g/mol. The fourth-order valence-electron chi connectivity index (χ4n) is 2.87. The molecule has 1 amide bonds. The molecule has 0 aliphatic carbocycles. The van der Waals surface area contributed by atoms with E-state index in [1.165, 1.54) is 0 Å². The standard InChI is InChI=1S/C18H19ClN2O2/c1-13-2-3-14(12-20-13)17(22)21-18(8-10-23-11-9-18)15-4-6-16(19)7-5-15/h2-7,12H,8-11H2,1H3,(H,21,22). The Bertz CT molecular complexity index is 677. The van der Waals surface area contributed by atoms with Gasteiger partial charge in [-0.2, -0.15) is 0 Å². The molecule has 1 aromatic carbocycles. The van der Waals surface area contributed by atoms with Crippen LogP contribution >= 0.6 is 11.6 Å². The van der Waals surface area contributed by atoms with Crippen LogP contribution in [0.15, 0.2) is 42.6 Å². The third-order valence-corrected chi connectivity index (χ3v) is 4.52. The Kier molecular flexibility index (Phi) is 4.64. The molecule has 0 atom stereocenters. The van der Waals surface area contributed by atoms with E-state index in [9.17, 15) is 4.79 Å². The van der Waals surface area contributed by atoms with Crippen LogP contribution in [0.3, 0.4) is 0 Å². The minimum absolute atomic E-state index is 0.116. The molecule has 0 saturated carbocycles. The van der Waals surface area contributed by atoms with Crippen LogP contribution in [0.2, 0.25) is 5.02 Å². The van der Waals surface area contributed by atoms with E-state index in [4.69, 9.17) is 16.3 Å². The molecule has 1 saturated heterocycles. The van der Waals surface area contributed by atoms with Gasteiger partial charge in [0.1, 0.15) is 0 Å². The van der Waals surface area contributed by atoms with Gasteiger partial charge in [-0.1, -0.05) is 23.7 Å². The first-order chi connectivity index (χ1) is 11.1. The van der Waals surface area contributed by atoms with Gasteiger partial charge in [0.2, 0.25) is 0 Å². The summed E-state index contributed by atoms with van der Waals surface area (Å²) in [6, 6.07) is 11.3. The highest BCUT2D eigenvalue weighted by molar-refractivity contribution is 6.30. The molecule has 0 radical (unpaired) electrons. The van der Waals surface area contributed by atoms with Gasteiger partial charge in [0.05, 0.1) is 11.1 Å². The SMILES string of the molecule is Cc1ccc(C(=O)NC2(c3ccc(Cl)cc3)CCOCC2)cn1. The zero-order valence-electron chi connectivity index (χ0n) is 13.0. The van der Waals surface area contributed by atoms with Crippen molar-refractivity contribution in [2.75, 3.05) is 13.2 Å². The lowest BCUT2D eigenvalue weighted by Gasteiger charge is -2.38. The topological polar surface area (TPSA) is 51.2 Å². The lowest BCUT2D eigenvalue weighted by Crippen LogP contribution is -2.49. The summed E-state index contributed by atoms with van der Waals surface area (Å²) in [4.78, 5) is 16.8. The molecule has 5 heteroatoms. The van der Waals surface area contributed by atoms with Gasteiger partial charge < -0.3 is 10.1 Å². The molecule has 1 fully saturated rings. The number of carbonyl (C=O) groups excluding carboxylic acids is 1. The highest BCUT2D eigenvalue weighted by Gasteiger charge is 2.36. The van der Waals surface area contributed by atoms with E-state index in [1.54, 1.807) is 12.3 Å². The second kappa shape index (κ2) is 6.69. The summed E-state index contributed by atoms with van der Waals surface area (Å²) in [5, 5.41) is 3.89. The molecule has 1 aliphatic rings. The number of aryl methyl sites for hydroxylation is 1. The van der Waals surface area contributed by atoms with Crippen molar-refractivity contribution < 1.29 is 9.53 Å². The van der Waals surface area contributed by atoms with Gasteiger partial charge in [-0.15, -0.1) is 0 Å². The van der Waals surface area contributed by atoms with Crippen LogP contribution in [0.4, 0.5) is 0 Å². The third-order valence-electron chi connectivity index (χ3n) is 4.27. The maximum atomic E-state index is 12.7. The normalized spacial score (nSPS) is 16.8. The largest absolute Gasteiger partial charge is 0.381 e. The molecule has 4 nitrogen and oxygen atoms in total. The Morgan fingerprint density at radius 2 is 1.87 bits per heavy atom. The summed E-state index contributed by atoms with van der Waals surface area (Å²) < 4.78 is 5.48. The molecule has 0 bridgehead atoms. The van der Waals surface area contributed by atoms with Crippen molar-refractivity contribution in [2.45, 2.75) is 25.3 Å². The summed E-state index contributed by atoms with van der Waals surface area (Å²) in [5.74, 6) is -0.116. The second-order valence-corrected chi connectivity index (χ2v) is 6.28. The Morgan fingerprint density at radius 3 is 2.48 bits per heavy atom. The van der Waals surface area contributed by atoms with Crippen LogP contribution in [0.1, 0.15) is 34.5 Å². The lowest BCUT2D eigenvalue weighted by molar-refractivity contribution is 0.0345. The number of rotatable bonds is 3. The van der Waals surface area contributed by atoms with Crippen LogP contribution < -0.4 is 5.32 Å². The van der Waals surface area contributed by atoms with Crippen LogP contribution in [0, 0.1) is 6.92 Å². The second-order valence-electron chi connectivity index (χ2n) is 5.84. The molecular formula is C18H19ClN2O2. The van der Waals surface area contributed by atoms with Gasteiger partial charge in [-0.3, -0.25) is 9.78 Å². The third kappa shape index (κ3) is 3.54. The van der Waals surface area contributed by atoms with E-state index in [0.29, 0.717) is 23.8 Å². The minimum atomic E-state index is -0.426. The molecular weight excluding hydrogens is 312 g/mol. The van der Waals surface area contributed by atoms with E-state index in [1.807, 2.05) is 37.3 Å². The molecule has 3 rings (SSSR count). The van der Waals surface area contributed by atoms with E-state index in [0.717, 1.165) is 24.1 Å². The number of hydrogen-bond acceptors (Lipinski definition) is 3. The number of amides is 1. The lowest BCUT2D eigenvalue weighted by atomic mass is 9.82. The van der Waals surface area contributed by atoms with Gasteiger partial charge in [-0.05, 0) is 49.6 Å². The maximum Gasteiger partial charge on any atom is 0.253 e. The average Bonchev–Trinajstić information content (AvgIpc) is 2.57. The van der Waals surface area contributed by atoms with Crippen molar-refractivity contribution in [1.82, 2.24) is 10.3 Å². The zero-order valence-corrected chi connectivity index (χ0v) is 13.8. The first-order valence-corrected chi connectivity index (χ1v) is 8.06. The molecule has 2 aromatic rings. The van der Waals surface area contributed by atoms with Crippen LogP contribution in [0.25, 0.3) is 0 Å². The van der Waals surface area contributed by atoms with Gasteiger partial charge in [0.15, 0.2) is 0 Å². The van der Waals surface area contributed by atoms with E-state index in [2.05, 4.69) is 10.3 Å². The summed E-state index contributed by atoms with van der Waals surface area (Å²) in [6.45, 7) is 3.14. The quantitative estimate of drug-likeness (QED) is 0.937. The number of ether oxygens (including phenoxy) is 1. The number of carbonyl (C=O) groups is 1. The molecule has 1 N–H and O–H groups in total. The number of halogens is 1. The van der Waals surface area contributed by atoms with Gasteiger partial charge in [-0.25, -0.2) is 0 Å². The van der Waals surface area contributed by atoms with Crippen molar-refractivity contribution in [1.29, 1.82) is 0 Å². The fourth-order valence-corrected chi connectivity index (χ4v) is 2.99. The maximum absolute atomic E-state index is 12.7.